The highest BCUT2D eigenvalue weighted by Crippen LogP contribution is 2.12. The Morgan fingerprint density at radius 3 is 2.08 bits per heavy atom. The molecule has 24 heavy (non-hydrogen) atoms. The number of benzene rings is 2. The normalized spacial score (nSPS) is 11.2. The summed E-state index contributed by atoms with van der Waals surface area (Å²) in [6.07, 6.45) is 1.62. The second-order valence-electron chi connectivity index (χ2n) is 5.20. The average molecular weight is 344 g/mol. The highest BCUT2D eigenvalue weighted by atomic mass is 35.5. The third-order valence-electron chi connectivity index (χ3n) is 3.39. The molecule has 0 aromatic heterocycles. The van der Waals surface area contributed by atoms with Crippen LogP contribution < -0.4 is 11.2 Å². The van der Waals surface area contributed by atoms with Crippen molar-refractivity contribution in [2.45, 2.75) is 19.8 Å². The van der Waals surface area contributed by atoms with E-state index in [1.165, 1.54) is 24.3 Å². The second-order valence-corrected chi connectivity index (χ2v) is 5.63. The van der Waals surface area contributed by atoms with Crippen LogP contribution in [-0.4, -0.2) is 17.5 Å². The van der Waals surface area contributed by atoms with E-state index >= 15 is 0 Å². The minimum Gasteiger partial charge on any atom is -0.366 e. The van der Waals surface area contributed by atoms with Gasteiger partial charge in [-0.15, -0.1) is 0 Å². The number of hydrogen-bond acceptors (Lipinski definition) is 3. The number of primary amides is 1. The van der Waals surface area contributed by atoms with Crippen LogP contribution in [0.4, 0.5) is 0 Å². The Labute approximate surface area is 145 Å². The summed E-state index contributed by atoms with van der Waals surface area (Å²) >= 11 is 5.89. The first kappa shape index (κ1) is 17.7. The molecular weight excluding hydrogens is 326 g/mol. The fourth-order valence-electron chi connectivity index (χ4n) is 2.11. The molecule has 6 heteroatoms. The maximum atomic E-state index is 12.2. The van der Waals surface area contributed by atoms with Gasteiger partial charge in [0.1, 0.15) is 0 Å². The number of hydrazone groups is 1. The molecule has 5 nitrogen and oxygen atoms in total. The molecule has 2 amide bonds. The van der Waals surface area contributed by atoms with Crippen LogP contribution in [0.2, 0.25) is 5.02 Å². The summed E-state index contributed by atoms with van der Waals surface area (Å²) in [5, 5.41) is 4.88. The van der Waals surface area contributed by atoms with Crippen molar-refractivity contribution in [3.63, 3.8) is 0 Å². The standard InChI is InChI=1S/C18H18ClN3O2/c1-2-3-16(12-8-10-15(19)11-9-12)21-22-18(24)14-6-4-13(5-7-14)17(20)23/h4-11H,2-3H2,1H3,(H2,20,23)(H,22,24)/b21-16+. The van der Waals surface area contributed by atoms with Gasteiger partial charge in [-0.2, -0.15) is 5.10 Å². The van der Waals surface area contributed by atoms with E-state index in [2.05, 4.69) is 10.5 Å². The van der Waals surface area contributed by atoms with Crippen LogP contribution in [0.25, 0.3) is 0 Å². The van der Waals surface area contributed by atoms with Crippen LogP contribution in [0.5, 0.6) is 0 Å². The molecule has 0 aliphatic carbocycles. The van der Waals surface area contributed by atoms with Crippen LogP contribution in [0, 0.1) is 0 Å². The predicted octanol–water partition coefficient (Wildman–Crippen LogP) is 3.37. The summed E-state index contributed by atoms with van der Waals surface area (Å²) in [4.78, 5) is 23.2. The molecule has 3 N–H and O–H groups in total. The molecule has 0 heterocycles. The Morgan fingerprint density at radius 1 is 1.00 bits per heavy atom. The summed E-state index contributed by atoms with van der Waals surface area (Å²) in [7, 11) is 0. The quantitative estimate of drug-likeness (QED) is 0.622. The molecule has 2 aromatic carbocycles. The molecule has 0 atom stereocenters. The van der Waals surface area contributed by atoms with Gasteiger partial charge in [0.2, 0.25) is 5.91 Å². The summed E-state index contributed by atoms with van der Waals surface area (Å²) < 4.78 is 0. The van der Waals surface area contributed by atoms with Crippen molar-refractivity contribution in [1.82, 2.24) is 5.43 Å². The van der Waals surface area contributed by atoms with Crippen molar-refractivity contribution in [3.8, 4) is 0 Å². The van der Waals surface area contributed by atoms with Crippen LogP contribution in [0.15, 0.2) is 53.6 Å². The number of carbonyl (C=O) groups is 2. The minimum atomic E-state index is -0.534. The highest BCUT2D eigenvalue weighted by Gasteiger charge is 2.08. The number of hydrogen-bond donors (Lipinski definition) is 2. The molecule has 0 bridgehead atoms. The monoisotopic (exact) mass is 343 g/mol. The Balaban J connectivity index is 2.14. The molecule has 0 unspecified atom stereocenters. The predicted molar refractivity (Wildman–Crippen MR) is 95.3 cm³/mol. The minimum absolute atomic E-state index is 0.350. The van der Waals surface area contributed by atoms with Gasteiger partial charge in [-0.3, -0.25) is 9.59 Å². The third kappa shape index (κ3) is 4.67. The van der Waals surface area contributed by atoms with Crippen LogP contribution in [-0.2, 0) is 0 Å². The van der Waals surface area contributed by atoms with Crippen molar-refractivity contribution in [2.75, 3.05) is 0 Å². The Hall–Kier alpha value is -2.66. The van der Waals surface area contributed by atoms with Gasteiger partial charge in [0.05, 0.1) is 5.71 Å². The number of carbonyl (C=O) groups excluding carboxylic acids is 2. The number of nitrogens with one attached hydrogen (secondary N) is 1. The van der Waals surface area contributed by atoms with Crippen molar-refractivity contribution in [1.29, 1.82) is 0 Å². The van der Waals surface area contributed by atoms with E-state index in [0.717, 1.165) is 24.1 Å². The first-order chi connectivity index (χ1) is 11.5. The summed E-state index contributed by atoms with van der Waals surface area (Å²) in [5.74, 6) is -0.887. The van der Waals surface area contributed by atoms with Crippen molar-refractivity contribution >= 4 is 29.1 Å². The fourth-order valence-corrected chi connectivity index (χ4v) is 2.24. The zero-order chi connectivity index (χ0) is 17.5. The van der Waals surface area contributed by atoms with Crippen LogP contribution >= 0.6 is 11.6 Å². The molecule has 0 radical (unpaired) electrons. The molecule has 124 valence electrons. The van der Waals surface area contributed by atoms with Crippen LogP contribution in [0.3, 0.4) is 0 Å². The van der Waals surface area contributed by atoms with E-state index < -0.39 is 5.91 Å². The molecule has 0 saturated heterocycles. The van der Waals surface area contributed by atoms with Gasteiger partial charge >= 0.3 is 0 Å². The molecule has 2 rings (SSSR count). The Bertz CT molecular complexity index is 753. The van der Waals surface area contributed by atoms with Gasteiger partial charge in [0, 0.05) is 16.1 Å². The number of amides is 2. The van der Waals surface area contributed by atoms with E-state index in [9.17, 15) is 9.59 Å². The lowest BCUT2D eigenvalue weighted by Crippen LogP contribution is -2.20. The molecule has 0 aliphatic heterocycles. The third-order valence-corrected chi connectivity index (χ3v) is 3.64. The summed E-state index contributed by atoms with van der Waals surface area (Å²) in [6, 6.07) is 13.4. The van der Waals surface area contributed by atoms with Gasteiger partial charge in [-0.25, -0.2) is 5.43 Å². The number of nitrogens with two attached hydrogens (primary N) is 1. The van der Waals surface area contributed by atoms with Gasteiger partial charge in [0.15, 0.2) is 0 Å². The maximum absolute atomic E-state index is 12.2. The van der Waals surface area contributed by atoms with E-state index in [4.69, 9.17) is 17.3 Å². The lowest BCUT2D eigenvalue weighted by atomic mass is 10.1. The average Bonchev–Trinajstić information content (AvgIpc) is 2.59. The van der Waals surface area contributed by atoms with Gasteiger partial charge in [0.25, 0.3) is 5.91 Å². The molecule has 0 aliphatic rings. The van der Waals surface area contributed by atoms with Crippen molar-refractivity contribution in [2.24, 2.45) is 10.8 Å². The second kappa shape index (κ2) is 8.26. The number of nitrogens with zero attached hydrogens (tertiary/aromatic N) is 1. The summed E-state index contributed by atoms with van der Waals surface area (Å²) in [6.45, 7) is 2.04. The van der Waals surface area contributed by atoms with Crippen molar-refractivity contribution in [3.05, 3.63) is 70.2 Å². The Kier molecular flexibility index (Phi) is 6.09. The van der Waals surface area contributed by atoms with Crippen molar-refractivity contribution < 1.29 is 9.59 Å². The van der Waals surface area contributed by atoms with E-state index in [-0.39, 0.29) is 5.91 Å². The smallest absolute Gasteiger partial charge is 0.271 e. The lowest BCUT2D eigenvalue weighted by molar-refractivity contribution is 0.0952. The fraction of sp³-hybridized carbons (Fsp3) is 0.167. The molecule has 2 aromatic rings. The zero-order valence-electron chi connectivity index (χ0n) is 13.3. The molecule has 0 spiro atoms. The summed E-state index contributed by atoms with van der Waals surface area (Å²) in [5.41, 5.74) is 10.2. The van der Waals surface area contributed by atoms with E-state index in [1.54, 1.807) is 12.1 Å². The van der Waals surface area contributed by atoms with Gasteiger partial charge in [-0.05, 0) is 48.4 Å². The first-order valence-corrected chi connectivity index (χ1v) is 7.91. The largest absolute Gasteiger partial charge is 0.366 e. The lowest BCUT2D eigenvalue weighted by Gasteiger charge is -2.07. The maximum Gasteiger partial charge on any atom is 0.271 e. The first-order valence-electron chi connectivity index (χ1n) is 7.54. The van der Waals surface area contributed by atoms with Gasteiger partial charge < -0.3 is 5.73 Å². The number of halogens is 1. The SMILES string of the molecule is CCC/C(=N\NC(=O)c1ccc(C(N)=O)cc1)c1ccc(Cl)cc1. The van der Waals surface area contributed by atoms with Crippen LogP contribution in [0.1, 0.15) is 46.0 Å². The van der Waals surface area contributed by atoms with Gasteiger partial charge in [-0.1, -0.05) is 37.1 Å². The molecular formula is C18H18ClN3O2. The Morgan fingerprint density at radius 2 is 1.54 bits per heavy atom. The molecule has 0 saturated carbocycles. The topological polar surface area (TPSA) is 84.6 Å². The highest BCUT2D eigenvalue weighted by molar-refractivity contribution is 6.30. The number of rotatable bonds is 6. The van der Waals surface area contributed by atoms with E-state index in [1.807, 2.05) is 19.1 Å². The zero-order valence-corrected chi connectivity index (χ0v) is 14.0. The molecule has 0 fully saturated rings. The van der Waals surface area contributed by atoms with E-state index in [0.29, 0.717) is 16.1 Å².